The number of nitrogens with zero attached hydrogens (tertiary/aromatic N) is 2. The Morgan fingerprint density at radius 3 is 2.35 bits per heavy atom. The maximum Gasteiger partial charge on any atom is 0.343 e. The fourth-order valence-corrected chi connectivity index (χ4v) is 4.24. The molecule has 2 N–H and O–H groups in total. The highest BCUT2D eigenvalue weighted by Gasteiger charge is 2.57. The van der Waals surface area contributed by atoms with Gasteiger partial charge in [0.05, 0.1) is 23.0 Å². The van der Waals surface area contributed by atoms with E-state index in [9.17, 15) is 19.2 Å². The van der Waals surface area contributed by atoms with Crippen LogP contribution in [0.1, 0.15) is 28.0 Å². The number of fused-ring (bicyclic) bond motifs is 1. The Balaban J connectivity index is 1.75. The van der Waals surface area contributed by atoms with Crippen molar-refractivity contribution in [3.63, 3.8) is 0 Å². The SMILES string of the molecule is NC(=O)CC1(C(=O)OCc2ccccc2)C(=O)N(Cc2ccc(Cl)c(Cl)c2)C(=O)c2cccn21. The molecule has 2 heterocycles. The first-order chi connectivity index (χ1) is 16.2. The number of aromatic nitrogens is 1. The summed E-state index contributed by atoms with van der Waals surface area (Å²) in [5, 5.41) is 0.549. The Kier molecular flexibility index (Phi) is 6.45. The van der Waals surface area contributed by atoms with E-state index in [1.54, 1.807) is 30.3 Å². The normalized spacial score (nSPS) is 17.4. The lowest BCUT2D eigenvalue weighted by molar-refractivity contribution is -0.167. The molecule has 1 atom stereocenters. The molecular formula is C24H19Cl2N3O5. The highest BCUT2D eigenvalue weighted by molar-refractivity contribution is 6.42. The summed E-state index contributed by atoms with van der Waals surface area (Å²) in [6.07, 6.45) is 0.695. The highest BCUT2D eigenvalue weighted by Crippen LogP contribution is 2.35. The molecule has 0 aliphatic carbocycles. The fraction of sp³-hybridized carbons (Fsp3) is 0.167. The number of hydrogen-bond acceptors (Lipinski definition) is 5. The summed E-state index contributed by atoms with van der Waals surface area (Å²) in [6.45, 7) is -0.336. The van der Waals surface area contributed by atoms with Gasteiger partial charge in [0.2, 0.25) is 11.4 Å². The molecule has 0 saturated heterocycles. The first-order valence-corrected chi connectivity index (χ1v) is 11.0. The minimum Gasteiger partial charge on any atom is -0.459 e. The zero-order valence-corrected chi connectivity index (χ0v) is 19.3. The van der Waals surface area contributed by atoms with Crippen LogP contribution in [0.2, 0.25) is 10.0 Å². The number of primary amides is 1. The van der Waals surface area contributed by atoms with E-state index in [2.05, 4.69) is 0 Å². The summed E-state index contributed by atoms with van der Waals surface area (Å²) < 4.78 is 6.64. The molecule has 34 heavy (non-hydrogen) atoms. The lowest BCUT2D eigenvalue weighted by Gasteiger charge is -2.40. The molecule has 4 rings (SSSR count). The molecular weight excluding hydrogens is 481 g/mol. The number of imide groups is 1. The molecule has 0 spiro atoms. The van der Waals surface area contributed by atoms with E-state index < -0.39 is 35.7 Å². The van der Waals surface area contributed by atoms with E-state index >= 15 is 0 Å². The number of carbonyl (C=O) groups excluding carboxylic acids is 4. The van der Waals surface area contributed by atoms with E-state index in [4.69, 9.17) is 33.7 Å². The van der Waals surface area contributed by atoms with Gasteiger partial charge in [-0.15, -0.1) is 0 Å². The van der Waals surface area contributed by atoms with Crippen molar-refractivity contribution in [3.8, 4) is 0 Å². The van der Waals surface area contributed by atoms with Crippen LogP contribution in [0.3, 0.4) is 0 Å². The van der Waals surface area contributed by atoms with Crippen molar-refractivity contribution >= 4 is 46.9 Å². The molecule has 1 aromatic heterocycles. The van der Waals surface area contributed by atoms with E-state index in [1.807, 2.05) is 6.07 Å². The summed E-state index contributed by atoms with van der Waals surface area (Å²) in [4.78, 5) is 53.4. The molecule has 1 unspecified atom stereocenters. The van der Waals surface area contributed by atoms with Crippen LogP contribution in [0.15, 0.2) is 66.9 Å². The summed E-state index contributed by atoms with van der Waals surface area (Å²) in [6, 6.07) is 16.5. The average Bonchev–Trinajstić information content (AvgIpc) is 3.31. The number of esters is 1. The molecule has 10 heteroatoms. The smallest absolute Gasteiger partial charge is 0.343 e. The number of nitrogens with two attached hydrogens (primary N) is 1. The van der Waals surface area contributed by atoms with E-state index in [0.717, 1.165) is 4.90 Å². The Morgan fingerprint density at radius 2 is 1.68 bits per heavy atom. The molecule has 0 saturated carbocycles. The molecule has 3 amide bonds. The average molecular weight is 500 g/mol. The van der Waals surface area contributed by atoms with Crippen molar-refractivity contribution in [3.05, 3.63) is 93.7 Å². The van der Waals surface area contributed by atoms with Crippen molar-refractivity contribution in [2.75, 3.05) is 0 Å². The predicted octanol–water partition coefficient (Wildman–Crippen LogP) is 3.29. The fourth-order valence-electron chi connectivity index (χ4n) is 3.92. The molecule has 8 nitrogen and oxygen atoms in total. The van der Waals surface area contributed by atoms with Crippen LogP contribution in [-0.2, 0) is 37.8 Å². The number of ether oxygens (including phenoxy) is 1. The van der Waals surface area contributed by atoms with Gasteiger partial charge >= 0.3 is 5.97 Å². The van der Waals surface area contributed by atoms with Gasteiger partial charge in [-0.3, -0.25) is 19.3 Å². The largest absolute Gasteiger partial charge is 0.459 e. The Morgan fingerprint density at radius 1 is 0.941 bits per heavy atom. The monoisotopic (exact) mass is 499 g/mol. The first kappa shape index (κ1) is 23.5. The number of amides is 3. The maximum absolute atomic E-state index is 13.8. The van der Waals surface area contributed by atoms with E-state index in [0.29, 0.717) is 16.1 Å². The van der Waals surface area contributed by atoms with Gasteiger partial charge < -0.3 is 15.0 Å². The molecule has 174 valence electrons. The van der Waals surface area contributed by atoms with Crippen molar-refractivity contribution in [1.29, 1.82) is 0 Å². The zero-order valence-electron chi connectivity index (χ0n) is 17.7. The second-order valence-electron chi connectivity index (χ2n) is 7.77. The minimum atomic E-state index is -2.18. The van der Waals surface area contributed by atoms with Crippen LogP contribution in [-0.4, -0.2) is 33.2 Å². The van der Waals surface area contributed by atoms with Crippen LogP contribution in [0, 0.1) is 0 Å². The topological polar surface area (TPSA) is 112 Å². The number of benzene rings is 2. The minimum absolute atomic E-state index is 0.0394. The summed E-state index contributed by atoms with van der Waals surface area (Å²) in [7, 11) is 0. The highest BCUT2D eigenvalue weighted by atomic mass is 35.5. The van der Waals surface area contributed by atoms with Crippen molar-refractivity contribution in [2.45, 2.75) is 25.1 Å². The quantitative estimate of drug-likeness (QED) is 0.304. The van der Waals surface area contributed by atoms with Crippen molar-refractivity contribution < 1.29 is 23.9 Å². The molecule has 3 aromatic rings. The Bertz CT molecular complexity index is 1290. The van der Waals surface area contributed by atoms with Crippen LogP contribution in [0.5, 0.6) is 0 Å². The van der Waals surface area contributed by atoms with Crippen molar-refractivity contribution in [2.24, 2.45) is 5.73 Å². The lowest BCUT2D eigenvalue weighted by atomic mass is 9.89. The second-order valence-corrected chi connectivity index (χ2v) is 8.59. The van der Waals surface area contributed by atoms with Gasteiger partial charge in [0.15, 0.2) is 0 Å². The van der Waals surface area contributed by atoms with Gasteiger partial charge in [0.1, 0.15) is 12.3 Å². The molecule has 1 aliphatic heterocycles. The summed E-state index contributed by atoms with van der Waals surface area (Å²) >= 11 is 12.1. The molecule has 2 aromatic carbocycles. The predicted molar refractivity (Wildman–Crippen MR) is 124 cm³/mol. The molecule has 0 bridgehead atoms. The Labute approximate surface area is 204 Å². The van der Waals surface area contributed by atoms with Gasteiger partial charge in [0, 0.05) is 6.20 Å². The molecule has 1 aliphatic rings. The zero-order chi connectivity index (χ0) is 24.5. The first-order valence-electron chi connectivity index (χ1n) is 10.2. The van der Waals surface area contributed by atoms with Gasteiger partial charge in [-0.2, -0.15) is 0 Å². The maximum atomic E-state index is 13.8. The van der Waals surface area contributed by atoms with Crippen LogP contribution < -0.4 is 5.73 Å². The van der Waals surface area contributed by atoms with E-state index in [1.165, 1.54) is 35.0 Å². The lowest BCUT2D eigenvalue weighted by Crippen LogP contribution is -2.62. The second kappa shape index (κ2) is 9.32. The van der Waals surface area contributed by atoms with Gasteiger partial charge in [-0.25, -0.2) is 4.79 Å². The molecule has 0 fully saturated rings. The molecule has 0 radical (unpaired) electrons. The Hall–Kier alpha value is -3.62. The number of carbonyl (C=O) groups is 4. The standard InChI is InChI=1S/C24H19Cl2N3O5/c25-17-9-8-16(11-18(17)26)13-28-21(31)19-7-4-10-29(19)24(22(28)32,12-20(27)30)23(33)34-14-15-5-2-1-3-6-15/h1-11H,12-14H2,(H2,27,30). The van der Waals surface area contributed by atoms with Gasteiger partial charge in [-0.05, 0) is 35.4 Å². The summed E-state index contributed by atoms with van der Waals surface area (Å²) in [5.74, 6) is -3.47. The van der Waals surface area contributed by atoms with Crippen LogP contribution in [0.25, 0.3) is 0 Å². The van der Waals surface area contributed by atoms with Crippen LogP contribution >= 0.6 is 23.2 Å². The van der Waals surface area contributed by atoms with Crippen molar-refractivity contribution in [1.82, 2.24) is 9.47 Å². The van der Waals surface area contributed by atoms with Gasteiger partial charge in [-0.1, -0.05) is 59.6 Å². The third-order valence-electron chi connectivity index (χ3n) is 5.53. The van der Waals surface area contributed by atoms with Crippen LogP contribution in [0.4, 0.5) is 0 Å². The van der Waals surface area contributed by atoms with E-state index in [-0.39, 0.29) is 23.9 Å². The number of hydrogen-bond donors (Lipinski definition) is 1. The van der Waals surface area contributed by atoms with Gasteiger partial charge in [0.25, 0.3) is 11.8 Å². The number of rotatable bonds is 7. The summed E-state index contributed by atoms with van der Waals surface area (Å²) in [5.41, 5.74) is 4.51. The third kappa shape index (κ3) is 4.18. The third-order valence-corrected chi connectivity index (χ3v) is 6.27. The number of halogens is 2.